The Hall–Kier alpha value is -2.11. The van der Waals surface area contributed by atoms with Crippen LogP contribution in [0.3, 0.4) is 0 Å². The first-order chi connectivity index (χ1) is 11.0. The molecule has 0 radical (unpaired) electrons. The number of carbonyl (C=O) groups is 2. The molecule has 1 aliphatic rings. The highest BCUT2D eigenvalue weighted by molar-refractivity contribution is 6.30. The van der Waals surface area contributed by atoms with Crippen LogP contribution in [-0.2, 0) is 19.1 Å². The molecule has 0 N–H and O–H groups in total. The van der Waals surface area contributed by atoms with Crippen molar-refractivity contribution < 1.29 is 19.1 Å². The van der Waals surface area contributed by atoms with Crippen molar-refractivity contribution in [1.29, 1.82) is 0 Å². The Bertz CT molecular complexity index is 694. The van der Waals surface area contributed by atoms with E-state index >= 15 is 0 Å². The number of rotatable bonds is 5. The molecular formula is C17H18ClNO4. The number of benzene rings is 1. The zero-order valence-electron chi connectivity index (χ0n) is 13.3. The van der Waals surface area contributed by atoms with Crippen molar-refractivity contribution in [1.82, 2.24) is 4.90 Å². The molecule has 0 unspecified atom stereocenters. The van der Waals surface area contributed by atoms with Crippen LogP contribution in [0.4, 0.5) is 0 Å². The number of nitrogens with zero attached hydrogens (tertiary/aromatic N) is 1. The smallest absolute Gasteiger partial charge is 0.340 e. The molecule has 1 heterocycles. The molecule has 1 amide bonds. The van der Waals surface area contributed by atoms with Crippen LogP contribution < -0.4 is 0 Å². The first-order valence-corrected chi connectivity index (χ1v) is 7.45. The molecule has 0 fully saturated rings. The number of allylic oxidation sites excluding steroid dienone is 1. The van der Waals surface area contributed by atoms with Gasteiger partial charge in [0.05, 0.1) is 24.9 Å². The fourth-order valence-electron chi connectivity index (χ4n) is 2.44. The summed E-state index contributed by atoms with van der Waals surface area (Å²) in [5.41, 5.74) is 1.87. The summed E-state index contributed by atoms with van der Waals surface area (Å²) in [6, 6.07) is 7.07. The summed E-state index contributed by atoms with van der Waals surface area (Å²) >= 11 is 5.97. The van der Waals surface area contributed by atoms with E-state index in [-0.39, 0.29) is 11.5 Å². The fraction of sp³-hybridized carbons (Fsp3) is 0.294. The Kier molecular flexibility index (Phi) is 5.58. The number of amides is 1. The van der Waals surface area contributed by atoms with Crippen molar-refractivity contribution in [3.63, 3.8) is 0 Å². The predicted molar refractivity (Wildman–Crippen MR) is 87.7 cm³/mol. The van der Waals surface area contributed by atoms with Crippen molar-refractivity contribution in [3.8, 4) is 0 Å². The van der Waals surface area contributed by atoms with Crippen molar-refractivity contribution >= 4 is 29.6 Å². The molecule has 0 spiro atoms. The number of methoxy groups -OCH3 is 2. The van der Waals surface area contributed by atoms with Gasteiger partial charge in [-0.1, -0.05) is 23.7 Å². The molecule has 1 aromatic rings. The maximum atomic E-state index is 12.7. The topological polar surface area (TPSA) is 55.8 Å². The highest BCUT2D eigenvalue weighted by Gasteiger charge is 2.36. The third-order valence-corrected chi connectivity index (χ3v) is 3.81. The first-order valence-electron chi connectivity index (χ1n) is 7.07. The lowest BCUT2D eigenvalue weighted by molar-refractivity contribution is -0.136. The lowest BCUT2D eigenvalue weighted by Crippen LogP contribution is -2.28. The van der Waals surface area contributed by atoms with E-state index in [0.717, 1.165) is 5.56 Å². The molecule has 0 atom stereocenters. The van der Waals surface area contributed by atoms with Crippen molar-refractivity contribution in [2.24, 2.45) is 0 Å². The number of hydrogen-bond acceptors (Lipinski definition) is 4. The van der Waals surface area contributed by atoms with Crippen molar-refractivity contribution in [3.05, 3.63) is 51.7 Å². The zero-order chi connectivity index (χ0) is 17.0. The normalized spacial score (nSPS) is 16.4. The van der Waals surface area contributed by atoms with E-state index in [0.29, 0.717) is 29.4 Å². The molecule has 2 rings (SSSR count). The maximum absolute atomic E-state index is 12.7. The summed E-state index contributed by atoms with van der Waals surface area (Å²) in [4.78, 5) is 26.3. The molecule has 0 saturated heterocycles. The Labute approximate surface area is 140 Å². The molecule has 5 nitrogen and oxygen atoms in total. The monoisotopic (exact) mass is 335 g/mol. The summed E-state index contributed by atoms with van der Waals surface area (Å²) in [5.74, 6) is -0.788. The minimum atomic E-state index is -0.538. The van der Waals surface area contributed by atoms with Gasteiger partial charge < -0.3 is 14.4 Å². The summed E-state index contributed by atoms with van der Waals surface area (Å²) in [5, 5.41) is 0.557. The number of esters is 1. The van der Waals surface area contributed by atoms with Gasteiger partial charge in [-0.25, -0.2) is 4.79 Å². The lowest BCUT2D eigenvalue weighted by Gasteiger charge is -2.16. The average Bonchev–Trinajstić information content (AvgIpc) is 2.76. The molecule has 23 heavy (non-hydrogen) atoms. The minimum absolute atomic E-state index is 0.250. The van der Waals surface area contributed by atoms with E-state index in [4.69, 9.17) is 21.1 Å². The molecule has 1 aliphatic heterocycles. The van der Waals surface area contributed by atoms with Gasteiger partial charge in [0, 0.05) is 24.4 Å². The van der Waals surface area contributed by atoms with E-state index in [1.807, 2.05) is 6.07 Å². The molecule has 0 saturated carbocycles. The van der Waals surface area contributed by atoms with E-state index in [9.17, 15) is 9.59 Å². The average molecular weight is 336 g/mol. The number of hydrogen-bond donors (Lipinski definition) is 0. The van der Waals surface area contributed by atoms with Crippen LogP contribution in [0.15, 0.2) is 41.1 Å². The Balaban J connectivity index is 2.47. The molecule has 0 bridgehead atoms. The van der Waals surface area contributed by atoms with Crippen molar-refractivity contribution in [2.45, 2.75) is 6.92 Å². The van der Waals surface area contributed by atoms with Crippen LogP contribution in [0.2, 0.25) is 5.02 Å². The van der Waals surface area contributed by atoms with Crippen LogP contribution in [0.1, 0.15) is 12.5 Å². The highest BCUT2D eigenvalue weighted by atomic mass is 35.5. The minimum Gasteiger partial charge on any atom is -0.465 e. The second kappa shape index (κ2) is 7.44. The van der Waals surface area contributed by atoms with Gasteiger partial charge in [-0.05, 0) is 30.7 Å². The van der Waals surface area contributed by atoms with Gasteiger partial charge in [0.2, 0.25) is 0 Å². The standard InChI is InChI=1S/C17H18ClNO4/c1-11-15(17(21)23-3)14(16(20)19(11)7-8-22-2)10-12-5-4-6-13(18)9-12/h4-6,9-10H,7-8H2,1-3H3/b14-10-. The Morgan fingerprint density at radius 2 is 2.09 bits per heavy atom. The van der Waals surface area contributed by atoms with Gasteiger partial charge in [-0.3, -0.25) is 4.79 Å². The van der Waals surface area contributed by atoms with Gasteiger partial charge >= 0.3 is 5.97 Å². The van der Waals surface area contributed by atoms with Crippen LogP contribution in [0.5, 0.6) is 0 Å². The quantitative estimate of drug-likeness (QED) is 0.613. The van der Waals surface area contributed by atoms with Gasteiger partial charge in [-0.2, -0.15) is 0 Å². The number of carbonyl (C=O) groups excluding carboxylic acids is 2. The van der Waals surface area contributed by atoms with Crippen molar-refractivity contribution in [2.75, 3.05) is 27.4 Å². The maximum Gasteiger partial charge on any atom is 0.340 e. The molecule has 1 aromatic carbocycles. The second-order valence-electron chi connectivity index (χ2n) is 5.01. The molecule has 0 aliphatic carbocycles. The van der Waals surface area contributed by atoms with E-state index in [2.05, 4.69) is 0 Å². The van der Waals surface area contributed by atoms with Gasteiger partial charge in [0.25, 0.3) is 5.91 Å². The highest BCUT2D eigenvalue weighted by Crippen LogP contribution is 2.31. The summed E-state index contributed by atoms with van der Waals surface area (Å²) in [6.45, 7) is 2.47. The SMILES string of the molecule is COCCN1C(=O)/C(=C\c2cccc(Cl)c2)C(C(=O)OC)=C1C. The van der Waals surface area contributed by atoms with E-state index in [1.165, 1.54) is 12.0 Å². The Morgan fingerprint density at radius 1 is 1.35 bits per heavy atom. The van der Waals surface area contributed by atoms with Gasteiger partial charge in [0.1, 0.15) is 0 Å². The third-order valence-electron chi connectivity index (χ3n) is 3.58. The van der Waals surface area contributed by atoms with Crippen LogP contribution >= 0.6 is 11.6 Å². The fourth-order valence-corrected chi connectivity index (χ4v) is 2.64. The second-order valence-corrected chi connectivity index (χ2v) is 5.45. The zero-order valence-corrected chi connectivity index (χ0v) is 14.0. The van der Waals surface area contributed by atoms with Crippen LogP contribution in [0.25, 0.3) is 6.08 Å². The number of halogens is 1. The Morgan fingerprint density at radius 3 is 2.70 bits per heavy atom. The van der Waals surface area contributed by atoms with E-state index < -0.39 is 5.97 Å². The third kappa shape index (κ3) is 3.63. The van der Waals surface area contributed by atoms with Gasteiger partial charge in [-0.15, -0.1) is 0 Å². The first kappa shape index (κ1) is 17.2. The molecule has 122 valence electrons. The largest absolute Gasteiger partial charge is 0.465 e. The molecular weight excluding hydrogens is 318 g/mol. The van der Waals surface area contributed by atoms with Crippen LogP contribution in [0, 0.1) is 0 Å². The summed E-state index contributed by atoms with van der Waals surface area (Å²) in [7, 11) is 2.85. The van der Waals surface area contributed by atoms with E-state index in [1.54, 1.807) is 38.3 Å². The molecule has 6 heteroatoms. The van der Waals surface area contributed by atoms with Crippen LogP contribution in [-0.4, -0.2) is 44.1 Å². The molecule has 0 aromatic heterocycles. The summed E-state index contributed by atoms with van der Waals surface area (Å²) in [6.07, 6.45) is 1.65. The predicted octanol–water partition coefficient (Wildman–Crippen LogP) is 2.66. The summed E-state index contributed by atoms with van der Waals surface area (Å²) < 4.78 is 9.85. The lowest BCUT2D eigenvalue weighted by atomic mass is 10.0. The number of ether oxygens (including phenoxy) is 2. The van der Waals surface area contributed by atoms with Gasteiger partial charge in [0.15, 0.2) is 0 Å².